The molecule has 3 rings (SSSR count). The Kier molecular flexibility index (Phi) is 12.7. The van der Waals surface area contributed by atoms with Gasteiger partial charge in [-0.25, -0.2) is 15.0 Å². The molecular formula is C15H18N3Ru+6. The summed E-state index contributed by atoms with van der Waals surface area (Å²) in [7, 11) is 0. The molecule has 3 heterocycles. The zero-order valence-corrected chi connectivity index (χ0v) is 12.3. The van der Waals surface area contributed by atoms with Crippen molar-refractivity contribution in [2.75, 3.05) is 0 Å². The van der Waals surface area contributed by atoms with Crippen LogP contribution in [-0.2, 0) is 19.5 Å². The van der Waals surface area contributed by atoms with Gasteiger partial charge in [-0.15, -0.1) is 0 Å². The fourth-order valence-corrected chi connectivity index (χ4v) is 1.03. The molecule has 0 atom stereocenters. The van der Waals surface area contributed by atoms with E-state index in [1.54, 1.807) is 0 Å². The van der Waals surface area contributed by atoms with E-state index in [1.807, 2.05) is 91.8 Å². The number of hydrogen-bond acceptors (Lipinski definition) is 0. The molecule has 0 amide bonds. The second-order valence-corrected chi connectivity index (χ2v) is 3.23. The Hall–Kier alpha value is -1.93. The van der Waals surface area contributed by atoms with Gasteiger partial charge in [0.1, 0.15) is 0 Å². The van der Waals surface area contributed by atoms with Crippen LogP contribution in [0, 0.1) is 0 Å². The van der Waals surface area contributed by atoms with Crippen molar-refractivity contribution in [3.05, 3.63) is 91.8 Å². The monoisotopic (exact) mass is 342 g/mol. The fraction of sp³-hybridized carbons (Fsp3) is 0. The maximum Gasteiger partial charge on any atom is 3.00 e. The van der Waals surface area contributed by atoms with Gasteiger partial charge in [-0.05, 0) is 0 Å². The second-order valence-electron chi connectivity index (χ2n) is 3.23. The minimum Gasteiger partial charge on any atom is -0.218 e. The summed E-state index contributed by atoms with van der Waals surface area (Å²) < 4.78 is 0. The van der Waals surface area contributed by atoms with Crippen molar-refractivity contribution >= 4 is 0 Å². The molecule has 3 aromatic heterocycles. The third-order valence-electron chi connectivity index (χ3n) is 1.82. The van der Waals surface area contributed by atoms with Crippen molar-refractivity contribution in [3.8, 4) is 0 Å². The van der Waals surface area contributed by atoms with Crippen molar-refractivity contribution in [1.82, 2.24) is 0 Å². The number of aromatic nitrogens is 3. The standard InChI is InChI=1S/3C5H5N.Ru/c3*1-2-4-6-5-3-1;/h3*1-5H;/q;;;+3/p+3. The van der Waals surface area contributed by atoms with Gasteiger partial charge in [0, 0.05) is 36.4 Å². The first-order chi connectivity index (χ1) is 9.00. The fourth-order valence-electron chi connectivity index (χ4n) is 1.03. The van der Waals surface area contributed by atoms with E-state index in [1.165, 1.54) is 0 Å². The van der Waals surface area contributed by atoms with E-state index in [9.17, 15) is 0 Å². The van der Waals surface area contributed by atoms with Crippen LogP contribution in [0.3, 0.4) is 0 Å². The molecule has 95 valence electrons. The number of aromatic amines is 3. The summed E-state index contributed by atoms with van der Waals surface area (Å²) >= 11 is 0. The average molecular weight is 341 g/mol. The van der Waals surface area contributed by atoms with E-state index >= 15 is 0 Å². The van der Waals surface area contributed by atoms with Gasteiger partial charge in [0.05, 0.1) is 0 Å². The van der Waals surface area contributed by atoms with Crippen molar-refractivity contribution < 1.29 is 34.4 Å². The summed E-state index contributed by atoms with van der Waals surface area (Å²) in [6.45, 7) is 0. The summed E-state index contributed by atoms with van der Waals surface area (Å²) in [6, 6.07) is 17.6. The van der Waals surface area contributed by atoms with Gasteiger partial charge in [-0.3, -0.25) is 0 Å². The van der Waals surface area contributed by atoms with E-state index in [-0.39, 0.29) is 19.5 Å². The molecule has 0 bridgehead atoms. The molecule has 0 aliphatic heterocycles. The third kappa shape index (κ3) is 12.3. The van der Waals surface area contributed by atoms with E-state index in [0.29, 0.717) is 0 Å². The first kappa shape index (κ1) is 17.1. The summed E-state index contributed by atoms with van der Waals surface area (Å²) in [5, 5.41) is 0. The van der Waals surface area contributed by atoms with Crippen molar-refractivity contribution in [2.24, 2.45) is 0 Å². The molecule has 3 N–H and O–H groups in total. The van der Waals surface area contributed by atoms with Crippen LogP contribution in [0.15, 0.2) is 91.8 Å². The van der Waals surface area contributed by atoms with E-state index in [4.69, 9.17) is 0 Å². The minimum atomic E-state index is 0. The zero-order valence-electron chi connectivity index (χ0n) is 10.5. The van der Waals surface area contributed by atoms with Crippen LogP contribution < -0.4 is 15.0 Å². The average Bonchev–Trinajstić information content (AvgIpc) is 2.54. The molecule has 3 nitrogen and oxygen atoms in total. The van der Waals surface area contributed by atoms with Crippen molar-refractivity contribution in [2.45, 2.75) is 0 Å². The predicted molar refractivity (Wildman–Crippen MR) is 69.0 cm³/mol. The van der Waals surface area contributed by atoms with Gasteiger partial charge in [-0.2, -0.15) is 0 Å². The minimum absolute atomic E-state index is 0. The number of H-pyrrole nitrogens is 3. The largest absolute Gasteiger partial charge is 3.00 e. The van der Waals surface area contributed by atoms with Gasteiger partial charge in [-0.1, -0.05) is 18.2 Å². The number of hydrogen-bond donors (Lipinski definition) is 0. The maximum atomic E-state index is 2.89. The molecule has 4 heteroatoms. The van der Waals surface area contributed by atoms with Crippen LogP contribution in [0.25, 0.3) is 0 Å². The Balaban J connectivity index is 0.000000249. The molecular weight excluding hydrogens is 323 g/mol. The van der Waals surface area contributed by atoms with Gasteiger partial charge in [0.15, 0.2) is 37.2 Å². The second kappa shape index (κ2) is 14.1. The molecule has 0 unspecified atom stereocenters. The Morgan fingerprint density at radius 3 is 0.579 bits per heavy atom. The van der Waals surface area contributed by atoms with Gasteiger partial charge < -0.3 is 0 Å². The van der Waals surface area contributed by atoms with Gasteiger partial charge in [0.2, 0.25) is 0 Å². The predicted octanol–water partition coefficient (Wildman–Crippen LogP) is 1.50. The zero-order chi connectivity index (χ0) is 12.7. The first-order valence-corrected chi connectivity index (χ1v) is 5.73. The molecule has 3 aromatic rings. The summed E-state index contributed by atoms with van der Waals surface area (Å²) in [6.07, 6.45) is 11.2. The van der Waals surface area contributed by atoms with Crippen molar-refractivity contribution in [3.63, 3.8) is 0 Å². The molecule has 0 aromatic carbocycles. The first-order valence-electron chi connectivity index (χ1n) is 5.73. The molecule has 0 spiro atoms. The molecule has 19 heavy (non-hydrogen) atoms. The molecule has 1 radical (unpaired) electrons. The van der Waals surface area contributed by atoms with Crippen LogP contribution in [0.5, 0.6) is 0 Å². The Morgan fingerprint density at radius 2 is 0.526 bits per heavy atom. The quantitative estimate of drug-likeness (QED) is 0.556. The molecule has 0 aliphatic rings. The SMILES string of the molecule is [Ru+3].c1cc[nH+]cc1.c1cc[nH+]cc1.c1cc[nH+]cc1. The number of nitrogens with one attached hydrogen (secondary N) is 3. The topological polar surface area (TPSA) is 42.4 Å². The van der Waals surface area contributed by atoms with E-state index in [2.05, 4.69) is 15.0 Å². The number of rotatable bonds is 0. The van der Waals surface area contributed by atoms with Crippen LogP contribution in [0.4, 0.5) is 0 Å². The Labute approximate surface area is 126 Å². The Bertz CT molecular complexity index is 308. The molecule has 0 fully saturated rings. The summed E-state index contributed by atoms with van der Waals surface area (Å²) in [5.74, 6) is 0. The molecule has 0 saturated heterocycles. The normalized spacial score (nSPS) is 7.58. The van der Waals surface area contributed by atoms with Crippen LogP contribution in [0.2, 0.25) is 0 Å². The van der Waals surface area contributed by atoms with Crippen LogP contribution >= 0.6 is 0 Å². The number of pyridine rings is 3. The summed E-state index contributed by atoms with van der Waals surface area (Å²) in [4.78, 5) is 8.68. The van der Waals surface area contributed by atoms with Crippen molar-refractivity contribution in [1.29, 1.82) is 0 Å². The van der Waals surface area contributed by atoms with E-state index in [0.717, 1.165) is 0 Å². The summed E-state index contributed by atoms with van der Waals surface area (Å²) in [5.41, 5.74) is 0. The maximum absolute atomic E-state index is 2.89. The van der Waals surface area contributed by atoms with Gasteiger partial charge >= 0.3 is 19.5 Å². The van der Waals surface area contributed by atoms with Gasteiger partial charge in [0.25, 0.3) is 0 Å². The van der Waals surface area contributed by atoms with Crippen LogP contribution in [-0.4, -0.2) is 0 Å². The smallest absolute Gasteiger partial charge is 0.218 e. The molecule has 0 aliphatic carbocycles. The third-order valence-corrected chi connectivity index (χ3v) is 1.82. The Morgan fingerprint density at radius 1 is 0.316 bits per heavy atom. The van der Waals surface area contributed by atoms with E-state index < -0.39 is 0 Å². The molecule has 0 saturated carbocycles. The van der Waals surface area contributed by atoms with Crippen LogP contribution in [0.1, 0.15) is 0 Å².